The molecule has 0 aliphatic rings. The van der Waals surface area contributed by atoms with Crippen LogP contribution in [0.25, 0.3) is 0 Å². The van der Waals surface area contributed by atoms with E-state index in [2.05, 4.69) is 0 Å². The molecule has 0 aromatic rings. The van der Waals surface area contributed by atoms with Crippen LogP contribution < -0.4 is 0 Å². The van der Waals surface area contributed by atoms with E-state index in [-0.39, 0.29) is 24.7 Å². The molecule has 0 bridgehead atoms. The molecule has 0 fully saturated rings. The van der Waals surface area contributed by atoms with Crippen molar-refractivity contribution in [1.29, 1.82) is 0 Å². The molecule has 0 atom stereocenters. The van der Waals surface area contributed by atoms with Crippen LogP contribution in [0.15, 0.2) is 0 Å². The second-order valence-electron chi connectivity index (χ2n) is 2.41. The maximum absolute atomic E-state index is 10.5. The number of rotatable bonds is 5. The first kappa shape index (κ1) is 9.81. The van der Waals surface area contributed by atoms with Gasteiger partial charge in [0.1, 0.15) is 11.6 Å². The van der Waals surface area contributed by atoms with Crippen LogP contribution in [-0.2, 0) is 14.4 Å². The molecule has 0 aliphatic heterocycles. The first-order chi connectivity index (χ1) is 5.06. The van der Waals surface area contributed by atoms with Crippen LogP contribution in [0.3, 0.4) is 0 Å². The summed E-state index contributed by atoms with van der Waals surface area (Å²) < 4.78 is 0. The number of nitrogens with zero attached hydrogens (tertiary/aromatic N) is 1. The lowest BCUT2D eigenvalue weighted by Crippen LogP contribution is -2.31. The van der Waals surface area contributed by atoms with E-state index in [0.717, 1.165) is 4.90 Å². The molecule has 4 heteroatoms. The Morgan fingerprint density at radius 1 is 1.18 bits per heavy atom. The average molecular weight is 157 g/mol. The number of amides is 1. The second-order valence-corrected chi connectivity index (χ2v) is 2.41. The highest BCUT2D eigenvalue weighted by atomic mass is 16.2. The molecule has 0 rings (SSSR count). The molecular formula is C7H11NO3. The zero-order valence-corrected chi connectivity index (χ0v) is 6.66. The Hall–Kier alpha value is -1.19. The Bertz CT molecular complexity index is 161. The van der Waals surface area contributed by atoms with Crippen molar-refractivity contribution < 1.29 is 14.4 Å². The summed E-state index contributed by atoms with van der Waals surface area (Å²) in [4.78, 5) is 32.3. The van der Waals surface area contributed by atoms with Crippen LogP contribution in [0.2, 0.25) is 0 Å². The highest BCUT2D eigenvalue weighted by Gasteiger charge is 2.05. The first-order valence-electron chi connectivity index (χ1n) is 3.24. The Kier molecular flexibility index (Phi) is 4.10. The molecule has 0 unspecified atom stereocenters. The van der Waals surface area contributed by atoms with E-state index in [9.17, 15) is 14.4 Å². The van der Waals surface area contributed by atoms with Gasteiger partial charge in [0.15, 0.2) is 0 Å². The van der Waals surface area contributed by atoms with Crippen LogP contribution in [0.4, 0.5) is 0 Å². The number of carbonyl (C=O) groups is 3. The van der Waals surface area contributed by atoms with E-state index in [1.807, 2.05) is 0 Å². The van der Waals surface area contributed by atoms with Gasteiger partial charge in [-0.2, -0.15) is 0 Å². The normalized spacial score (nSPS) is 8.91. The van der Waals surface area contributed by atoms with Gasteiger partial charge in [0, 0.05) is 0 Å². The Labute approximate surface area is 65.2 Å². The highest BCUT2D eigenvalue weighted by molar-refractivity contribution is 5.83. The molecule has 0 spiro atoms. The molecular weight excluding hydrogens is 146 g/mol. The third-order valence-electron chi connectivity index (χ3n) is 1.00. The van der Waals surface area contributed by atoms with Gasteiger partial charge in [-0.05, 0) is 13.8 Å². The van der Waals surface area contributed by atoms with Gasteiger partial charge < -0.3 is 4.90 Å². The predicted octanol–water partition coefficient (Wildman–Crippen LogP) is -0.377. The van der Waals surface area contributed by atoms with Crippen molar-refractivity contribution >= 4 is 18.0 Å². The predicted molar refractivity (Wildman–Crippen MR) is 39.0 cm³/mol. The third kappa shape index (κ3) is 5.26. The molecule has 0 aliphatic carbocycles. The van der Waals surface area contributed by atoms with Gasteiger partial charge in [-0.15, -0.1) is 0 Å². The van der Waals surface area contributed by atoms with Crippen LogP contribution in [0.5, 0.6) is 0 Å². The Morgan fingerprint density at radius 2 is 1.55 bits per heavy atom. The molecule has 0 heterocycles. The Balaban J connectivity index is 3.85. The van der Waals surface area contributed by atoms with Crippen LogP contribution in [0, 0.1) is 0 Å². The fourth-order valence-electron chi connectivity index (χ4n) is 0.702. The van der Waals surface area contributed by atoms with E-state index in [1.165, 1.54) is 13.8 Å². The summed E-state index contributed by atoms with van der Waals surface area (Å²) in [5.74, 6) is -0.253. The smallest absolute Gasteiger partial charge is 0.210 e. The summed E-state index contributed by atoms with van der Waals surface area (Å²) in [5.41, 5.74) is 0. The van der Waals surface area contributed by atoms with E-state index in [4.69, 9.17) is 0 Å². The lowest BCUT2D eigenvalue weighted by Gasteiger charge is -2.12. The molecule has 0 aromatic heterocycles. The highest BCUT2D eigenvalue weighted by Crippen LogP contribution is 1.84. The van der Waals surface area contributed by atoms with Gasteiger partial charge >= 0.3 is 0 Å². The van der Waals surface area contributed by atoms with Gasteiger partial charge in [0.05, 0.1) is 13.1 Å². The van der Waals surface area contributed by atoms with Crippen molar-refractivity contribution in [3.8, 4) is 0 Å². The minimum Gasteiger partial charge on any atom is -0.331 e. The average Bonchev–Trinajstić information content (AvgIpc) is 1.84. The van der Waals surface area contributed by atoms with Crippen molar-refractivity contribution in [2.45, 2.75) is 13.8 Å². The molecule has 0 saturated heterocycles. The van der Waals surface area contributed by atoms with Crippen LogP contribution in [-0.4, -0.2) is 36.0 Å². The maximum atomic E-state index is 10.5. The number of carbonyl (C=O) groups excluding carboxylic acids is 3. The zero-order chi connectivity index (χ0) is 8.85. The van der Waals surface area contributed by atoms with Crippen molar-refractivity contribution in [3.63, 3.8) is 0 Å². The summed E-state index contributed by atoms with van der Waals surface area (Å²) in [6.07, 6.45) is 0.503. The van der Waals surface area contributed by atoms with Gasteiger partial charge in [-0.1, -0.05) is 0 Å². The summed E-state index contributed by atoms with van der Waals surface area (Å²) in [5, 5.41) is 0. The molecule has 62 valence electrons. The fourth-order valence-corrected chi connectivity index (χ4v) is 0.702. The lowest BCUT2D eigenvalue weighted by molar-refractivity contribution is -0.129. The molecule has 0 N–H and O–H groups in total. The number of hydrogen-bond donors (Lipinski definition) is 0. The topological polar surface area (TPSA) is 54.5 Å². The fraction of sp³-hybridized carbons (Fsp3) is 0.571. The number of Topliss-reactive ketones (excluding diaryl/α,β-unsaturated/α-hetero) is 2. The van der Waals surface area contributed by atoms with Crippen LogP contribution in [0.1, 0.15) is 13.8 Å². The largest absolute Gasteiger partial charge is 0.331 e. The molecule has 0 radical (unpaired) electrons. The van der Waals surface area contributed by atoms with Gasteiger partial charge in [-0.25, -0.2) is 0 Å². The number of ketones is 2. The summed E-state index contributed by atoms with van der Waals surface area (Å²) in [6.45, 7) is 2.78. The zero-order valence-electron chi connectivity index (χ0n) is 6.66. The minimum absolute atomic E-state index is 0.0169. The van der Waals surface area contributed by atoms with Gasteiger partial charge in [0.25, 0.3) is 0 Å². The third-order valence-corrected chi connectivity index (χ3v) is 1.00. The minimum atomic E-state index is -0.127. The van der Waals surface area contributed by atoms with Crippen molar-refractivity contribution in [1.82, 2.24) is 4.90 Å². The quantitative estimate of drug-likeness (QED) is 0.511. The molecule has 0 saturated carbocycles. The summed E-state index contributed by atoms with van der Waals surface area (Å²) in [6, 6.07) is 0. The second kappa shape index (κ2) is 4.60. The van der Waals surface area contributed by atoms with Crippen molar-refractivity contribution in [3.05, 3.63) is 0 Å². The standard InChI is InChI=1S/C7H11NO3/c1-6(10)3-8(5-9)4-7(2)11/h5H,3-4H2,1-2H3. The molecule has 0 aromatic carbocycles. The molecule has 11 heavy (non-hydrogen) atoms. The monoisotopic (exact) mass is 157 g/mol. The first-order valence-corrected chi connectivity index (χ1v) is 3.24. The van der Waals surface area contributed by atoms with Crippen LogP contribution >= 0.6 is 0 Å². The maximum Gasteiger partial charge on any atom is 0.210 e. The lowest BCUT2D eigenvalue weighted by atomic mass is 10.3. The van der Waals surface area contributed by atoms with Gasteiger partial charge in [0.2, 0.25) is 6.41 Å². The van der Waals surface area contributed by atoms with E-state index >= 15 is 0 Å². The SMILES string of the molecule is CC(=O)CN(C=O)CC(C)=O. The van der Waals surface area contributed by atoms with E-state index in [0.29, 0.717) is 6.41 Å². The Morgan fingerprint density at radius 3 is 1.73 bits per heavy atom. The van der Waals surface area contributed by atoms with Crippen molar-refractivity contribution in [2.75, 3.05) is 13.1 Å². The van der Waals surface area contributed by atoms with Crippen molar-refractivity contribution in [2.24, 2.45) is 0 Å². The number of hydrogen-bond acceptors (Lipinski definition) is 3. The molecule has 4 nitrogen and oxygen atoms in total. The summed E-state index contributed by atoms with van der Waals surface area (Å²) in [7, 11) is 0. The van der Waals surface area contributed by atoms with E-state index in [1.54, 1.807) is 0 Å². The molecule has 1 amide bonds. The van der Waals surface area contributed by atoms with Gasteiger partial charge in [-0.3, -0.25) is 14.4 Å². The van der Waals surface area contributed by atoms with E-state index < -0.39 is 0 Å². The summed E-state index contributed by atoms with van der Waals surface area (Å²) >= 11 is 0.